The highest BCUT2D eigenvalue weighted by Crippen LogP contribution is 2.33. The maximum Gasteiger partial charge on any atom is 0.257 e. The summed E-state index contributed by atoms with van der Waals surface area (Å²) in [6.07, 6.45) is 3.87. The van der Waals surface area contributed by atoms with Gasteiger partial charge in [-0.25, -0.2) is 5.01 Å². The van der Waals surface area contributed by atoms with E-state index in [0.717, 1.165) is 36.4 Å². The molecule has 2 aromatic rings. The maximum atomic E-state index is 13.1. The number of benzene rings is 1. The van der Waals surface area contributed by atoms with E-state index in [1.807, 2.05) is 48.2 Å². The summed E-state index contributed by atoms with van der Waals surface area (Å²) >= 11 is 0. The predicted octanol–water partition coefficient (Wildman–Crippen LogP) is 2.46. The standard InChI is InChI=1S/C22H26N4O3/c1-15-6-8-16(9-7-15)18-12-19(20-5-3-11-29-20)26(24-18)21(27)14-25-10-2-4-17(13-25)22(23)28/h3,5-9,11,17,19H,2,4,10,12-14H2,1H3,(H2,23,28)/t17-,19+/m0/s1. The van der Waals surface area contributed by atoms with Crippen LogP contribution in [0.2, 0.25) is 0 Å². The molecule has 0 aliphatic carbocycles. The van der Waals surface area contributed by atoms with Gasteiger partial charge in [-0.2, -0.15) is 5.10 Å². The van der Waals surface area contributed by atoms with Crippen molar-refractivity contribution in [2.24, 2.45) is 16.8 Å². The molecule has 7 heteroatoms. The Balaban J connectivity index is 1.53. The lowest BCUT2D eigenvalue weighted by atomic mass is 9.97. The molecule has 0 radical (unpaired) electrons. The first-order chi connectivity index (χ1) is 14.0. The highest BCUT2D eigenvalue weighted by Gasteiger charge is 2.36. The van der Waals surface area contributed by atoms with E-state index in [0.29, 0.717) is 13.0 Å². The number of aryl methyl sites for hydroxylation is 1. The van der Waals surface area contributed by atoms with Gasteiger partial charge in [-0.15, -0.1) is 0 Å². The van der Waals surface area contributed by atoms with Crippen LogP contribution in [0.15, 0.2) is 52.2 Å². The van der Waals surface area contributed by atoms with Crippen molar-refractivity contribution in [2.75, 3.05) is 19.6 Å². The summed E-state index contributed by atoms with van der Waals surface area (Å²) in [5.74, 6) is 0.135. The summed E-state index contributed by atoms with van der Waals surface area (Å²) in [6.45, 7) is 3.56. The number of furan rings is 1. The molecule has 4 rings (SSSR count). The van der Waals surface area contributed by atoms with Gasteiger partial charge in [-0.3, -0.25) is 14.5 Å². The lowest BCUT2D eigenvalue weighted by molar-refractivity contribution is -0.136. The second-order valence-corrected chi connectivity index (χ2v) is 7.86. The van der Waals surface area contributed by atoms with Crippen LogP contribution in [-0.4, -0.2) is 47.1 Å². The van der Waals surface area contributed by atoms with Crippen LogP contribution in [0.3, 0.4) is 0 Å². The van der Waals surface area contributed by atoms with E-state index in [1.54, 1.807) is 11.3 Å². The third-order valence-electron chi connectivity index (χ3n) is 5.69. The van der Waals surface area contributed by atoms with Crippen LogP contribution in [0, 0.1) is 12.8 Å². The zero-order chi connectivity index (χ0) is 20.4. The molecule has 1 aromatic heterocycles. The molecule has 1 fully saturated rings. The lowest BCUT2D eigenvalue weighted by Gasteiger charge is -2.31. The van der Waals surface area contributed by atoms with Crippen LogP contribution >= 0.6 is 0 Å². The topological polar surface area (TPSA) is 92.1 Å². The fourth-order valence-electron chi connectivity index (χ4n) is 4.06. The molecule has 0 spiro atoms. The van der Waals surface area contributed by atoms with Crippen molar-refractivity contribution in [3.05, 3.63) is 59.5 Å². The van der Waals surface area contributed by atoms with Crippen molar-refractivity contribution < 1.29 is 14.0 Å². The Bertz CT molecular complexity index is 905. The minimum atomic E-state index is -0.295. The van der Waals surface area contributed by atoms with E-state index in [-0.39, 0.29) is 30.3 Å². The number of carbonyl (C=O) groups is 2. The Morgan fingerprint density at radius 1 is 1.24 bits per heavy atom. The first-order valence-corrected chi connectivity index (χ1v) is 10.0. The van der Waals surface area contributed by atoms with Crippen LogP contribution in [-0.2, 0) is 9.59 Å². The SMILES string of the molecule is Cc1ccc(C2=NN(C(=O)CN3CCC[C@H](C(N)=O)C3)[C@@H](c3ccco3)C2)cc1. The second kappa shape index (κ2) is 8.21. The number of carbonyl (C=O) groups excluding carboxylic acids is 2. The first-order valence-electron chi connectivity index (χ1n) is 10.0. The predicted molar refractivity (Wildman–Crippen MR) is 109 cm³/mol. The third-order valence-corrected chi connectivity index (χ3v) is 5.69. The average Bonchev–Trinajstić information content (AvgIpc) is 3.38. The van der Waals surface area contributed by atoms with E-state index in [2.05, 4.69) is 5.10 Å². The Morgan fingerprint density at radius 3 is 2.72 bits per heavy atom. The summed E-state index contributed by atoms with van der Waals surface area (Å²) in [7, 11) is 0. The van der Waals surface area contributed by atoms with E-state index in [1.165, 1.54) is 5.56 Å². The number of rotatable bonds is 5. The van der Waals surface area contributed by atoms with Gasteiger partial charge in [0.15, 0.2) is 0 Å². The maximum absolute atomic E-state index is 13.1. The number of primary amides is 1. The number of hydrogen-bond acceptors (Lipinski definition) is 5. The Hall–Kier alpha value is -2.93. The van der Waals surface area contributed by atoms with Crippen LogP contribution in [0.5, 0.6) is 0 Å². The fraction of sp³-hybridized carbons (Fsp3) is 0.409. The normalized spacial score (nSPS) is 22.5. The number of hydrazone groups is 1. The Labute approximate surface area is 170 Å². The molecule has 152 valence electrons. The minimum Gasteiger partial charge on any atom is -0.467 e. The lowest BCUT2D eigenvalue weighted by Crippen LogP contribution is -2.45. The summed E-state index contributed by atoms with van der Waals surface area (Å²) in [5.41, 5.74) is 8.52. The summed E-state index contributed by atoms with van der Waals surface area (Å²) < 4.78 is 5.60. The summed E-state index contributed by atoms with van der Waals surface area (Å²) in [6, 6.07) is 11.6. The van der Waals surface area contributed by atoms with Gasteiger partial charge in [0.2, 0.25) is 5.91 Å². The summed E-state index contributed by atoms with van der Waals surface area (Å²) in [5, 5.41) is 6.21. The van der Waals surface area contributed by atoms with Crippen LogP contribution in [0.25, 0.3) is 0 Å². The fourth-order valence-corrected chi connectivity index (χ4v) is 4.06. The number of hydrogen-bond donors (Lipinski definition) is 1. The average molecular weight is 394 g/mol. The van der Waals surface area contributed by atoms with Gasteiger partial charge in [-0.05, 0) is 44.0 Å². The van der Waals surface area contributed by atoms with E-state index >= 15 is 0 Å². The van der Waals surface area contributed by atoms with Crippen LogP contribution in [0.1, 0.15) is 42.2 Å². The number of amides is 2. The highest BCUT2D eigenvalue weighted by atomic mass is 16.3. The van der Waals surface area contributed by atoms with Gasteiger partial charge in [-0.1, -0.05) is 29.8 Å². The van der Waals surface area contributed by atoms with Crippen molar-refractivity contribution in [3.8, 4) is 0 Å². The van der Waals surface area contributed by atoms with Gasteiger partial charge < -0.3 is 10.2 Å². The van der Waals surface area contributed by atoms with Crippen molar-refractivity contribution in [1.29, 1.82) is 0 Å². The Kier molecular flexibility index (Phi) is 5.49. The van der Waals surface area contributed by atoms with Gasteiger partial charge >= 0.3 is 0 Å². The molecule has 2 N–H and O–H groups in total. The molecule has 29 heavy (non-hydrogen) atoms. The second-order valence-electron chi connectivity index (χ2n) is 7.86. The van der Waals surface area contributed by atoms with Crippen molar-refractivity contribution in [1.82, 2.24) is 9.91 Å². The molecule has 1 aromatic carbocycles. The minimum absolute atomic E-state index is 0.0985. The quantitative estimate of drug-likeness (QED) is 0.843. The van der Waals surface area contributed by atoms with Crippen molar-refractivity contribution in [2.45, 2.75) is 32.2 Å². The molecule has 0 saturated carbocycles. The molecule has 7 nitrogen and oxygen atoms in total. The molecule has 0 unspecified atom stereocenters. The zero-order valence-corrected chi connectivity index (χ0v) is 16.6. The van der Waals surface area contributed by atoms with Crippen molar-refractivity contribution >= 4 is 17.5 Å². The van der Waals surface area contributed by atoms with E-state index in [4.69, 9.17) is 10.2 Å². The van der Waals surface area contributed by atoms with Gasteiger partial charge in [0, 0.05) is 13.0 Å². The van der Waals surface area contributed by atoms with Crippen LogP contribution in [0.4, 0.5) is 0 Å². The molecule has 2 amide bonds. The molecule has 2 aliphatic rings. The zero-order valence-electron chi connectivity index (χ0n) is 16.6. The monoisotopic (exact) mass is 394 g/mol. The molecule has 3 heterocycles. The number of nitrogens with two attached hydrogens (primary N) is 1. The summed E-state index contributed by atoms with van der Waals surface area (Å²) in [4.78, 5) is 26.7. The van der Waals surface area contributed by atoms with E-state index < -0.39 is 0 Å². The van der Waals surface area contributed by atoms with Gasteiger partial charge in [0.05, 0.1) is 24.4 Å². The van der Waals surface area contributed by atoms with Gasteiger partial charge in [0.25, 0.3) is 5.91 Å². The Morgan fingerprint density at radius 2 is 2.03 bits per heavy atom. The highest BCUT2D eigenvalue weighted by molar-refractivity contribution is 6.03. The number of piperidine rings is 1. The molecule has 2 atom stereocenters. The van der Waals surface area contributed by atoms with Gasteiger partial charge in [0.1, 0.15) is 11.8 Å². The van der Waals surface area contributed by atoms with E-state index in [9.17, 15) is 9.59 Å². The largest absolute Gasteiger partial charge is 0.467 e. The van der Waals surface area contributed by atoms with Crippen molar-refractivity contribution in [3.63, 3.8) is 0 Å². The molecular formula is C22H26N4O3. The molecule has 2 aliphatic heterocycles. The van der Waals surface area contributed by atoms with Crippen LogP contribution < -0.4 is 5.73 Å². The first kappa shape index (κ1) is 19.4. The molecule has 0 bridgehead atoms. The smallest absolute Gasteiger partial charge is 0.257 e. The third kappa shape index (κ3) is 4.24. The molecular weight excluding hydrogens is 368 g/mol. The number of likely N-dealkylation sites (tertiary alicyclic amines) is 1. The number of nitrogens with zero attached hydrogens (tertiary/aromatic N) is 3. The molecule has 1 saturated heterocycles.